The predicted molar refractivity (Wildman–Crippen MR) is 62.4 cm³/mol. The molecule has 0 heterocycles. The summed E-state index contributed by atoms with van der Waals surface area (Å²) in [6.07, 6.45) is 2.45. The van der Waals surface area contributed by atoms with Crippen LogP contribution in [-0.2, 0) is 0 Å². The van der Waals surface area contributed by atoms with Gasteiger partial charge in [-0.15, -0.1) is 0 Å². The Morgan fingerprint density at radius 2 is 1.75 bits per heavy atom. The second-order valence-electron chi connectivity index (χ2n) is 5.74. The fraction of sp³-hybridized carbons (Fsp3) is 0.917. The van der Waals surface area contributed by atoms with Crippen molar-refractivity contribution >= 4 is 6.09 Å². The summed E-state index contributed by atoms with van der Waals surface area (Å²) in [5.74, 6) is 0.402. The predicted octanol–water partition coefficient (Wildman–Crippen LogP) is 2.32. The van der Waals surface area contributed by atoms with E-state index in [0.29, 0.717) is 12.5 Å². The number of amides is 1. The molecule has 0 aromatic heterocycles. The summed E-state index contributed by atoms with van der Waals surface area (Å²) in [5.41, 5.74) is -0.345. The summed E-state index contributed by atoms with van der Waals surface area (Å²) < 4.78 is 0. The van der Waals surface area contributed by atoms with E-state index in [4.69, 9.17) is 5.11 Å². The maximum Gasteiger partial charge on any atom is 0.407 e. The highest BCUT2D eigenvalue weighted by Gasteiger charge is 2.30. The van der Waals surface area contributed by atoms with Gasteiger partial charge < -0.3 is 15.1 Å². The summed E-state index contributed by atoms with van der Waals surface area (Å²) in [6.45, 7) is 6.34. The van der Waals surface area contributed by atoms with Crippen LogP contribution in [-0.4, -0.2) is 39.4 Å². The Balaban J connectivity index is 2.53. The molecule has 0 aliphatic heterocycles. The van der Waals surface area contributed by atoms with E-state index in [1.54, 1.807) is 0 Å². The number of hydrogen-bond donors (Lipinski definition) is 2. The van der Waals surface area contributed by atoms with E-state index in [9.17, 15) is 9.90 Å². The van der Waals surface area contributed by atoms with Crippen LogP contribution in [0.4, 0.5) is 4.79 Å². The maximum atomic E-state index is 11.2. The molecule has 16 heavy (non-hydrogen) atoms. The van der Waals surface area contributed by atoms with Crippen molar-refractivity contribution < 1.29 is 15.0 Å². The van der Waals surface area contributed by atoms with E-state index in [2.05, 4.69) is 0 Å². The molecule has 1 aliphatic rings. The van der Waals surface area contributed by atoms with Crippen molar-refractivity contribution in [2.24, 2.45) is 5.92 Å². The van der Waals surface area contributed by atoms with Crippen molar-refractivity contribution in [2.75, 3.05) is 6.54 Å². The molecule has 1 saturated carbocycles. The Morgan fingerprint density at radius 3 is 2.12 bits per heavy atom. The average Bonchev–Trinajstić information content (AvgIpc) is 2.14. The first-order valence-corrected chi connectivity index (χ1v) is 5.99. The van der Waals surface area contributed by atoms with Crippen molar-refractivity contribution in [1.29, 1.82) is 0 Å². The van der Waals surface area contributed by atoms with Crippen LogP contribution in [0, 0.1) is 5.92 Å². The molecule has 0 saturated heterocycles. The van der Waals surface area contributed by atoms with Crippen molar-refractivity contribution in [3.05, 3.63) is 0 Å². The summed E-state index contributed by atoms with van der Waals surface area (Å²) in [5, 5.41) is 18.6. The van der Waals surface area contributed by atoms with Gasteiger partial charge in [0, 0.05) is 12.1 Å². The van der Waals surface area contributed by atoms with E-state index in [-0.39, 0.29) is 11.6 Å². The highest BCUT2D eigenvalue weighted by Crippen LogP contribution is 2.27. The van der Waals surface area contributed by atoms with Crippen LogP contribution in [0.3, 0.4) is 0 Å². The third-order valence-electron chi connectivity index (χ3n) is 3.30. The first kappa shape index (κ1) is 13.3. The van der Waals surface area contributed by atoms with Crippen LogP contribution < -0.4 is 0 Å². The quantitative estimate of drug-likeness (QED) is 0.764. The van der Waals surface area contributed by atoms with Crippen LogP contribution in [0.1, 0.15) is 46.5 Å². The average molecular weight is 229 g/mol. The van der Waals surface area contributed by atoms with E-state index >= 15 is 0 Å². The lowest BCUT2D eigenvalue weighted by atomic mass is 9.86. The van der Waals surface area contributed by atoms with Gasteiger partial charge in [0.05, 0.1) is 6.10 Å². The molecule has 0 spiro atoms. The van der Waals surface area contributed by atoms with Gasteiger partial charge >= 0.3 is 6.09 Å². The van der Waals surface area contributed by atoms with Crippen LogP contribution in [0.25, 0.3) is 0 Å². The van der Waals surface area contributed by atoms with Gasteiger partial charge in [0.1, 0.15) is 0 Å². The first-order chi connectivity index (χ1) is 7.30. The summed E-state index contributed by atoms with van der Waals surface area (Å²) in [6, 6.07) is 0. The molecule has 1 aliphatic carbocycles. The maximum absolute atomic E-state index is 11.2. The molecule has 0 bridgehead atoms. The Bertz CT molecular complexity index is 239. The molecule has 2 N–H and O–H groups in total. The third-order valence-corrected chi connectivity index (χ3v) is 3.30. The van der Waals surface area contributed by atoms with Crippen LogP contribution in [0.5, 0.6) is 0 Å². The van der Waals surface area contributed by atoms with Crippen LogP contribution in [0.2, 0.25) is 0 Å². The monoisotopic (exact) mass is 229 g/mol. The summed E-state index contributed by atoms with van der Waals surface area (Å²) in [7, 11) is 0. The van der Waals surface area contributed by atoms with Gasteiger partial charge in [-0.2, -0.15) is 0 Å². The van der Waals surface area contributed by atoms with Gasteiger partial charge in [-0.25, -0.2) is 4.79 Å². The van der Waals surface area contributed by atoms with Gasteiger partial charge in [-0.1, -0.05) is 0 Å². The van der Waals surface area contributed by atoms with E-state index in [0.717, 1.165) is 25.7 Å². The smallest absolute Gasteiger partial charge is 0.407 e. The minimum absolute atomic E-state index is 0.177. The number of carbonyl (C=O) groups is 1. The number of hydrogen-bond acceptors (Lipinski definition) is 2. The SMILES string of the molecule is CC(C)(C)N(CC1CCC(O)CC1)C(=O)O. The number of carboxylic acid groups (broad SMARTS) is 1. The zero-order valence-corrected chi connectivity index (χ0v) is 10.4. The number of aliphatic hydroxyl groups excluding tert-OH is 1. The van der Waals surface area contributed by atoms with Gasteiger partial charge in [-0.05, 0) is 52.4 Å². The fourth-order valence-corrected chi connectivity index (χ4v) is 2.22. The molecule has 4 nitrogen and oxygen atoms in total. The van der Waals surface area contributed by atoms with Crippen LogP contribution in [0.15, 0.2) is 0 Å². The van der Waals surface area contributed by atoms with E-state index in [1.807, 2.05) is 20.8 Å². The second kappa shape index (κ2) is 5.04. The second-order valence-corrected chi connectivity index (χ2v) is 5.74. The molecule has 1 rings (SSSR count). The molecular formula is C12H23NO3. The van der Waals surface area contributed by atoms with Crippen molar-refractivity contribution in [2.45, 2.75) is 58.1 Å². The molecule has 1 amide bonds. The molecule has 4 heteroatoms. The minimum Gasteiger partial charge on any atom is -0.465 e. The lowest BCUT2D eigenvalue weighted by Gasteiger charge is -2.37. The standard InChI is InChI=1S/C12H23NO3/c1-12(2,3)13(11(15)16)8-9-4-6-10(14)7-5-9/h9-10,14H,4-8H2,1-3H3,(H,15,16). The highest BCUT2D eigenvalue weighted by atomic mass is 16.4. The third kappa shape index (κ3) is 3.67. The molecule has 0 radical (unpaired) electrons. The summed E-state index contributed by atoms with van der Waals surface area (Å²) in [4.78, 5) is 12.7. The zero-order chi connectivity index (χ0) is 12.3. The minimum atomic E-state index is -0.848. The first-order valence-electron chi connectivity index (χ1n) is 5.99. The Labute approximate surface area is 97.3 Å². The molecule has 1 fully saturated rings. The normalized spacial score (nSPS) is 26.5. The van der Waals surface area contributed by atoms with Gasteiger partial charge in [0.2, 0.25) is 0 Å². The summed E-state index contributed by atoms with van der Waals surface area (Å²) >= 11 is 0. The van der Waals surface area contributed by atoms with Crippen LogP contribution >= 0.6 is 0 Å². The van der Waals surface area contributed by atoms with Gasteiger partial charge in [-0.3, -0.25) is 0 Å². The molecule has 0 atom stereocenters. The lowest BCUT2D eigenvalue weighted by molar-refractivity contribution is 0.0633. The molecule has 0 aromatic rings. The molecular weight excluding hydrogens is 206 g/mol. The highest BCUT2D eigenvalue weighted by molar-refractivity contribution is 5.66. The Kier molecular flexibility index (Phi) is 4.19. The largest absolute Gasteiger partial charge is 0.465 e. The molecule has 0 unspecified atom stereocenters. The number of aliphatic hydroxyl groups is 1. The van der Waals surface area contributed by atoms with Crippen molar-refractivity contribution in [1.82, 2.24) is 4.90 Å². The Morgan fingerprint density at radius 1 is 1.25 bits per heavy atom. The van der Waals surface area contributed by atoms with Crippen molar-refractivity contribution in [3.63, 3.8) is 0 Å². The van der Waals surface area contributed by atoms with Gasteiger partial charge in [0.25, 0.3) is 0 Å². The fourth-order valence-electron chi connectivity index (χ4n) is 2.22. The number of nitrogens with zero attached hydrogens (tertiary/aromatic N) is 1. The Hall–Kier alpha value is -0.770. The van der Waals surface area contributed by atoms with E-state index in [1.165, 1.54) is 4.90 Å². The zero-order valence-electron chi connectivity index (χ0n) is 10.4. The molecule has 94 valence electrons. The topological polar surface area (TPSA) is 60.8 Å². The van der Waals surface area contributed by atoms with Gasteiger partial charge in [0.15, 0.2) is 0 Å². The van der Waals surface area contributed by atoms with Crippen molar-refractivity contribution in [3.8, 4) is 0 Å². The van der Waals surface area contributed by atoms with E-state index < -0.39 is 6.09 Å². The number of rotatable bonds is 2. The molecule has 0 aromatic carbocycles. The lowest BCUT2D eigenvalue weighted by Crippen LogP contribution is -2.47.